The lowest BCUT2D eigenvalue weighted by atomic mass is 10.1. The summed E-state index contributed by atoms with van der Waals surface area (Å²) >= 11 is 17.9. The Hall–Kier alpha value is -1.09. The number of benzene rings is 1. The summed E-state index contributed by atoms with van der Waals surface area (Å²) in [4.78, 5) is 14.6. The van der Waals surface area contributed by atoms with Gasteiger partial charge in [0.1, 0.15) is 5.15 Å². The van der Waals surface area contributed by atoms with Crippen LogP contribution in [0.4, 0.5) is 0 Å². The smallest absolute Gasteiger partial charge is 0.151 e. The second-order valence-corrected chi connectivity index (χ2v) is 4.55. The highest BCUT2D eigenvalue weighted by atomic mass is 35.5. The highest BCUT2D eigenvalue weighted by Gasteiger charge is 2.10. The predicted octanol–water partition coefficient (Wildman–Crippen LogP) is 4.52. The molecule has 1 aromatic carbocycles. The third kappa shape index (κ3) is 2.60. The summed E-state index contributed by atoms with van der Waals surface area (Å²) in [5.41, 5.74) is 1.74. The average Bonchev–Trinajstić information content (AvgIpc) is 2.30. The first-order chi connectivity index (χ1) is 8.11. The highest BCUT2D eigenvalue weighted by molar-refractivity contribution is 6.37. The Balaban J connectivity index is 2.63. The molecule has 0 fully saturated rings. The summed E-state index contributed by atoms with van der Waals surface area (Å²) in [7, 11) is 0. The Morgan fingerprint density at radius 3 is 2.47 bits per heavy atom. The van der Waals surface area contributed by atoms with Gasteiger partial charge in [0.25, 0.3) is 0 Å². The van der Waals surface area contributed by atoms with Crippen molar-refractivity contribution in [3.8, 4) is 11.1 Å². The van der Waals surface area contributed by atoms with E-state index in [4.69, 9.17) is 34.8 Å². The number of carbonyl (C=O) groups excluding carboxylic acids is 1. The molecule has 0 saturated carbocycles. The number of rotatable bonds is 2. The maximum absolute atomic E-state index is 10.7. The maximum atomic E-state index is 10.7. The normalized spacial score (nSPS) is 10.3. The summed E-state index contributed by atoms with van der Waals surface area (Å²) in [5, 5.41) is 1.29. The van der Waals surface area contributed by atoms with Gasteiger partial charge in [0, 0.05) is 32.9 Å². The summed E-state index contributed by atoms with van der Waals surface area (Å²) in [6, 6.07) is 6.69. The quantitative estimate of drug-likeness (QED) is 0.600. The number of halogens is 3. The molecule has 0 saturated heterocycles. The van der Waals surface area contributed by atoms with Crippen LogP contribution in [0.5, 0.6) is 0 Å². The molecule has 0 aliphatic rings. The molecule has 2 rings (SSSR count). The molecule has 0 amide bonds. The predicted molar refractivity (Wildman–Crippen MR) is 70.1 cm³/mol. The van der Waals surface area contributed by atoms with Crippen molar-refractivity contribution < 1.29 is 4.79 Å². The van der Waals surface area contributed by atoms with E-state index in [1.165, 1.54) is 6.20 Å². The number of aromatic nitrogens is 1. The van der Waals surface area contributed by atoms with Crippen LogP contribution in [0.2, 0.25) is 15.2 Å². The van der Waals surface area contributed by atoms with Crippen molar-refractivity contribution in [3.05, 3.63) is 51.2 Å². The molecule has 0 bridgehead atoms. The van der Waals surface area contributed by atoms with Crippen LogP contribution in [0.3, 0.4) is 0 Å². The van der Waals surface area contributed by atoms with Crippen LogP contribution in [0.15, 0.2) is 30.5 Å². The molecule has 0 aliphatic heterocycles. The van der Waals surface area contributed by atoms with Crippen LogP contribution in [0, 0.1) is 0 Å². The number of hydrogen-bond acceptors (Lipinski definition) is 2. The van der Waals surface area contributed by atoms with Crippen LogP contribution < -0.4 is 0 Å². The van der Waals surface area contributed by atoms with Crippen molar-refractivity contribution in [1.82, 2.24) is 4.98 Å². The van der Waals surface area contributed by atoms with Crippen molar-refractivity contribution in [1.29, 1.82) is 0 Å². The van der Waals surface area contributed by atoms with Crippen LogP contribution in [0.25, 0.3) is 11.1 Å². The number of nitrogens with zero attached hydrogens (tertiary/aromatic N) is 1. The summed E-state index contributed by atoms with van der Waals surface area (Å²) in [6.45, 7) is 0. The minimum Gasteiger partial charge on any atom is -0.298 e. The van der Waals surface area contributed by atoms with Crippen molar-refractivity contribution in [2.24, 2.45) is 0 Å². The largest absolute Gasteiger partial charge is 0.298 e. The van der Waals surface area contributed by atoms with Gasteiger partial charge in [-0.25, -0.2) is 4.98 Å². The number of aldehydes is 1. The van der Waals surface area contributed by atoms with E-state index >= 15 is 0 Å². The van der Waals surface area contributed by atoms with Gasteiger partial charge in [-0.3, -0.25) is 4.79 Å². The van der Waals surface area contributed by atoms with Gasteiger partial charge in [-0.2, -0.15) is 0 Å². The van der Waals surface area contributed by atoms with E-state index in [1.807, 2.05) is 0 Å². The molecule has 0 atom stereocenters. The Morgan fingerprint density at radius 1 is 1.06 bits per heavy atom. The molecular formula is C12H6Cl3NO. The Kier molecular flexibility index (Phi) is 3.67. The molecule has 1 heterocycles. The monoisotopic (exact) mass is 285 g/mol. The average molecular weight is 287 g/mol. The SMILES string of the molecule is O=Cc1cnc(Cl)c(-c2ccc(Cl)cc2Cl)c1. The third-order valence-electron chi connectivity index (χ3n) is 2.22. The second kappa shape index (κ2) is 5.05. The molecule has 0 aliphatic carbocycles. The fourth-order valence-electron chi connectivity index (χ4n) is 1.43. The summed E-state index contributed by atoms with van der Waals surface area (Å²) in [6.07, 6.45) is 2.11. The third-order valence-corrected chi connectivity index (χ3v) is 3.07. The lowest BCUT2D eigenvalue weighted by molar-refractivity contribution is 0.112. The Bertz CT molecular complexity index is 584. The molecule has 17 heavy (non-hydrogen) atoms. The van der Waals surface area contributed by atoms with E-state index in [2.05, 4.69) is 4.98 Å². The highest BCUT2D eigenvalue weighted by Crippen LogP contribution is 2.34. The summed E-state index contributed by atoms with van der Waals surface area (Å²) in [5.74, 6) is 0. The molecule has 2 nitrogen and oxygen atoms in total. The zero-order chi connectivity index (χ0) is 12.4. The fraction of sp³-hybridized carbons (Fsp3) is 0. The van der Waals surface area contributed by atoms with Gasteiger partial charge >= 0.3 is 0 Å². The molecular weight excluding hydrogens is 280 g/mol. The lowest BCUT2D eigenvalue weighted by Crippen LogP contribution is -1.89. The minimum absolute atomic E-state index is 0.292. The molecule has 0 radical (unpaired) electrons. The zero-order valence-electron chi connectivity index (χ0n) is 8.45. The maximum Gasteiger partial charge on any atom is 0.151 e. The molecule has 0 N–H and O–H groups in total. The van der Waals surface area contributed by atoms with Gasteiger partial charge in [-0.15, -0.1) is 0 Å². The van der Waals surface area contributed by atoms with Crippen LogP contribution >= 0.6 is 34.8 Å². The molecule has 86 valence electrons. The first-order valence-corrected chi connectivity index (χ1v) is 5.81. The van der Waals surface area contributed by atoms with E-state index in [-0.39, 0.29) is 0 Å². The Labute approximate surface area is 113 Å². The Morgan fingerprint density at radius 2 is 1.82 bits per heavy atom. The molecule has 5 heteroatoms. The van der Waals surface area contributed by atoms with E-state index < -0.39 is 0 Å². The van der Waals surface area contributed by atoms with E-state index in [1.54, 1.807) is 24.3 Å². The van der Waals surface area contributed by atoms with Gasteiger partial charge in [0.15, 0.2) is 6.29 Å². The standard InChI is InChI=1S/C12H6Cl3NO/c13-8-1-2-9(11(14)4-8)10-3-7(6-17)5-16-12(10)15/h1-6H. The molecule has 0 unspecified atom stereocenters. The summed E-state index contributed by atoms with van der Waals surface area (Å²) < 4.78 is 0. The van der Waals surface area contributed by atoms with E-state index in [9.17, 15) is 4.79 Å². The van der Waals surface area contributed by atoms with Crippen molar-refractivity contribution in [2.75, 3.05) is 0 Å². The number of carbonyl (C=O) groups is 1. The zero-order valence-corrected chi connectivity index (χ0v) is 10.7. The van der Waals surface area contributed by atoms with Crippen molar-refractivity contribution in [2.45, 2.75) is 0 Å². The number of hydrogen-bond donors (Lipinski definition) is 0. The minimum atomic E-state index is 0.292. The van der Waals surface area contributed by atoms with Crippen LogP contribution in [-0.2, 0) is 0 Å². The van der Waals surface area contributed by atoms with Crippen molar-refractivity contribution in [3.63, 3.8) is 0 Å². The molecule has 1 aromatic heterocycles. The lowest BCUT2D eigenvalue weighted by Gasteiger charge is -2.07. The van der Waals surface area contributed by atoms with Gasteiger partial charge in [0.2, 0.25) is 0 Å². The van der Waals surface area contributed by atoms with Gasteiger partial charge in [0.05, 0.1) is 0 Å². The fourth-order valence-corrected chi connectivity index (χ4v) is 2.14. The topological polar surface area (TPSA) is 30.0 Å². The van der Waals surface area contributed by atoms with E-state index in [0.717, 1.165) is 0 Å². The first kappa shape index (κ1) is 12.4. The van der Waals surface area contributed by atoms with E-state index in [0.29, 0.717) is 38.2 Å². The van der Waals surface area contributed by atoms with Gasteiger partial charge in [-0.05, 0) is 18.2 Å². The number of pyridine rings is 1. The van der Waals surface area contributed by atoms with Gasteiger partial charge in [-0.1, -0.05) is 40.9 Å². The van der Waals surface area contributed by atoms with Gasteiger partial charge < -0.3 is 0 Å². The second-order valence-electron chi connectivity index (χ2n) is 3.35. The molecule has 0 spiro atoms. The van der Waals surface area contributed by atoms with Crippen LogP contribution in [0.1, 0.15) is 10.4 Å². The van der Waals surface area contributed by atoms with Crippen LogP contribution in [-0.4, -0.2) is 11.3 Å². The molecule has 2 aromatic rings. The van der Waals surface area contributed by atoms with Crippen molar-refractivity contribution >= 4 is 41.1 Å². The first-order valence-electron chi connectivity index (χ1n) is 4.68.